The summed E-state index contributed by atoms with van der Waals surface area (Å²) in [4.78, 5) is 30.5. The lowest BCUT2D eigenvalue weighted by atomic mass is 9.96. The summed E-state index contributed by atoms with van der Waals surface area (Å²) in [5.74, 6) is -6.04. The molecule has 0 aliphatic carbocycles. The van der Waals surface area contributed by atoms with E-state index >= 15 is 0 Å². The summed E-state index contributed by atoms with van der Waals surface area (Å²) >= 11 is 0. The fraction of sp³-hybridized carbons (Fsp3) is 0.321. The minimum atomic E-state index is -5.08. The van der Waals surface area contributed by atoms with Gasteiger partial charge in [-0.3, -0.25) is 4.79 Å². The van der Waals surface area contributed by atoms with Crippen molar-refractivity contribution in [3.63, 3.8) is 0 Å². The van der Waals surface area contributed by atoms with Crippen LogP contribution >= 0.6 is 0 Å². The van der Waals surface area contributed by atoms with E-state index in [1.807, 2.05) is 25.1 Å². The molecule has 0 spiro atoms. The quantitative estimate of drug-likeness (QED) is 0.290. The van der Waals surface area contributed by atoms with Crippen LogP contribution in [0.1, 0.15) is 39.9 Å². The molecule has 2 aromatic carbocycles. The summed E-state index contributed by atoms with van der Waals surface area (Å²) < 4.78 is 78.1. The number of amides is 1. The Morgan fingerprint density at radius 3 is 1.72 bits per heavy atom. The molecule has 0 radical (unpaired) electrons. The van der Waals surface area contributed by atoms with Gasteiger partial charge in [0.05, 0.1) is 0 Å². The van der Waals surface area contributed by atoms with Crippen molar-refractivity contribution in [1.82, 2.24) is 10.6 Å². The second-order valence-electron chi connectivity index (χ2n) is 9.15. The number of halogens is 7. The normalized spacial score (nSPS) is 15.0. The van der Waals surface area contributed by atoms with E-state index in [0.717, 1.165) is 55.7 Å². The molecule has 2 heterocycles. The highest BCUT2D eigenvalue weighted by Crippen LogP contribution is 2.26. The van der Waals surface area contributed by atoms with E-state index in [4.69, 9.17) is 19.8 Å². The Bertz CT molecular complexity index is 1360. The molecule has 43 heavy (non-hydrogen) atoms. The number of rotatable bonds is 4. The zero-order chi connectivity index (χ0) is 32.4. The van der Waals surface area contributed by atoms with Gasteiger partial charge < -0.3 is 26.2 Å². The van der Waals surface area contributed by atoms with Gasteiger partial charge in [-0.25, -0.2) is 14.0 Å². The Labute approximate surface area is 241 Å². The van der Waals surface area contributed by atoms with Crippen LogP contribution in [0.5, 0.6) is 0 Å². The molecule has 15 heteroatoms. The van der Waals surface area contributed by atoms with Crippen LogP contribution in [0.2, 0.25) is 0 Å². The zero-order valence-electron chi connectivity index (χ0n) is 22.6. The maximum atomic E-state index is 14.6. The van der Waals surface area contributed by atoms with Crippen LogP contribution < -0.4 is 16.0 Å². The second kappa shape index (κ2) is 15.3. The number of benzene rings is 2. The monoisotopic (exact) mass is 619 g/mol. The van der Waals surface area contributed by atoms with Gasteiger partial charge in [-0.2, -0.15) is 26.3 Å². The number of carbonyl (C=O) groups excluding carboxylic acids is 1. The molecule has 0 atom stereocenters. The average Bonchev–Trinajstić information content (AvgIpc) is 2.93. The molecule has 2 aromatic rings. The van der Waals surface area contributed by atoms with Crippen molar-refractivity contribution in [3.05, 3.63) is 76.6 Å². The summed E-state index contributed by atoms with van der Waals surface area (Å²) in [5.41, 5.74) is 6.08. The Morgan fingerprint density at radius 2 is 1.30 bits per heavy atom. The maximum absolute atomic E-state index is 14.6. The lowest BCUT2D eigenvalue weighted by Gasteiger charge is -2.16. The van der Waals surface area contributed by atoms with Gasteiger partial charge in [-0.05, 0) is 79.4 Å². The molecule has 0 saturated heterocycles. The number of nitrogens with one attached hydrogen (secondary N) is 3. The third-order valence-electron chi connectivity index (χ3n) is 6.03. The van der Waals surface area contributed by atoms with Crippen molar-refractivity contribution >= 4 is 34.7 Å². The molecule has 1 amide bonds. The van der Waals surface area contributed by atoms with Gasteiger partial charge in [-0.15, -0.1) is 0 Å². The molecule has 4 rings (SSSR count). The Balaban J connectivity index is 0.000000384. The lowest BCUT2D eigenvalue weighted by molar-refractivity contribution is -0.193. The number of alkyl halides is 6. The minimum absolute atomic E-state index is 0.221. The molecule has 5 N–H and O–H groups in total. The average molecular weight is 620 g/mol. The van der Waals surface area contributed by atoms with Crippen LogP contribution in [0.3, 0.4) is 0 Å². The standard InChI is InChI=1S/C24H26FN3O.2C2HF3O2/c1-16-14-19(17-6-10-26-11-7-17)2-4-21(16)24(29)28-20-3-5-22(23(25)15-20)18-8-12-27-13-9-18;2*3-2(4,5)1(6)7/h2-6,8,14-15,26-27H,7,9-13H2,1H3,(H,28,29);2*(H,6,7). The molecule has 0 bridgehead atoms. The van der Waals surface area contributed by atoms with Gasteiger partial charge >= 0.3 is 24.3 Å². The Morgan fingerprint density at radius 1 is 0.791 bits per heavy atom. The minimum Gasteiger partial charge on any atom is -0.475 e. The molecule has 8 nitrogen and oxygen atoms in total. The lowest BCUT2D eigenvalue weighted by Crippen LogP contribution is -2.21. The molecule has 2 aliphatic heterocycles. The number of anilines is 1. The Hall–Kier alpha value is -4.24. The number of carbonyl (C=O) groups is 3. The first-order valence-electron chi connectivity index (χ1n) is 12.6. The summed E-state index contributed by atoms with van der Waals surface area (Å²) in [6.45, 7) is 5.41. The van der Waals surface area contributed by atoms with Gasteiger partial charge in [0.1, 0.15) is 5.82 Å². The number of carboxylic acids is 2. The fourth-order valence-corrected chi connectivity index (χ4v) is 3.92. The van der Waals surface area contributed by atoms with Crippen LogP contribution in [-0.4, -0.2) is 66.6 Å². The van der Waals surface area contributed by atoms with E-state index < -0.39 is 24.3 Å². The Kier molecular flexibility index (Phi) is 12.4. The topological polar surface area (TPSA) is 128 Å². The molecule has 0 aromatic heterocycles. The van der Waals surface area contributed by atoms with Crippen LogP contribution in [0.15, 0.2) is 48.6 Å². The van der Waals surface area contributed by atoms with Crippen LogP contribution in [0, 0.1) is 12.7 Å². The zero-order valence-corrected chi connectivity index (χ0v) is 22.6. The highest BCUT2D eigenvalue weighted by molar-refractivity contribution is 6.05. The maximum Gasteiger partial charge on any atom is 0.490 e. The van der Waals surface area contributed by atoms with E-state index in [1.165, 1.54) is 11.6 Å². The van der Waals surface area contributed by atoms with E-state index in [2.05, 4.69) is 28.1 Å². The smallest absolute Gasteiger partial charge is 0.475 e. The molecule has 2 aliphatic rings. The van der Waals surface area contributed by atoms with Crippen molar-refractivity contribution in [2.45, 2.75) is 32.1 Å². The first-order chi connectivity index (χ1) is 20.0. The molecule has 0 unspecified atom stereocenters. The van der Waals surface area contributed by atoms with Gasteiger partial charge in [0.15, 0.2) is 0 Å². The van der Waals surface area contributed by atoms with E-state index in [-0.39, 0.29) is 11.7 Å². The number of hydrogen-bond acceptors (Lipinski definition) is 5. The second-order valence-corrected chi connectivity index (χ2v) is 9.15. The van der Waals surface area contributed by atoms with Crippen molar-refractivity contribution in [3.8, 4) is 0 Å². The molecule has 234 valence electrons. The summed E-state index contributed by atoms with van der Waals surface area (Å²) in [6, 6.07) is 10.8. The SMILES string of the molecule is Cc1cc(C2=CCNCC2)ccc1C(=O)Nc1ccc(C2=CCNCC2)c(F)c1.O=C(O)C(F)(F)F.O=C(O)C(F)(F)F. The molecule has 0 saturated carbocycles. The molecular weight excluding hydrogens is 591 g/mol. The summed E-state index contributed by atoms with van der Waals surface area (Å²) in [5, 5.41) is 23.6. The first-order valence-corrected chi connectivity index (χ1v) is 12.6. The third-order valence-corrected chi connectivity index (χ3v) is 6.03. The van der Waals surface area contributed by atoms with Gasteiger partial charge in [0.25, 0.3) is 5.91 Å². The number of carboxylic acid groups (broad SMARTS) is 2. The predicted molar refractivity (Wildman–Crippen MR) is 144 cm³/mol. The highest BCUT2D eigenvalue weighted by atomic mass is 19.4. The van der Waals surface area contributed by atoms with E-state index in [0.29, 0.717) is 16.8 Å². The van der Waals surface area contributed by atoms with Crippen molar-refractivity contribution in [2.75, 3.05) is 31.5 Å². The number of hydrogen-bond donors (Lipinski definition) is 5. The number of aryl methyl sites for hydroxylation is 1. The van der Waals surface area contributed by atoms with Gasteiger partial charge in [0, 0.05) is 29.9 Å². The van der Waals surface area contributed by atoms with Gasteiger partial charge in [-0.1, -0.05) is 24.3 Å². The first kappa shape index (κ1) is 35.0. The van der Waals surface area contributed by atoms with Crippen LogP contribution in [0.25, 0.3) is 11.1 Å². The van der Waals surface area contributed by atoms with Crippen molar-refractivity contribution < 1.29 is 55.3 Å². The fourth-order valence-electron chi connectivity index (χ4n) is 3.92. The third kappa shape index (κ3) is 11.2. The summed E-state index contributed by atoms with van der Waals surface area (Å²) in [6.07, 6.45) is -4.16. The predicted octanol–water partition coefficient (Wildman–Crippen LogP) is 5.41. The van der Waals surface area contributed by atoms with E-state index in [9.17, 15) is 35.5 Å². The van der Waals surface area contributed by atoms with Crippen molar-refractivity contribution in [2.24, 2.45) is 0 Å². The number of aliphatic carboxylic acids is 2. The highest BCUT2D eigenvalue weighted by Gasteiger charge is 2.38. The van der Waals surface area contributed by atoms with Crippen molar-refractivity contribution in [1.29, 1.82) is 0 Å². The molecule has 0 fully saturated rings. The van der Waals surface area contributed by atoms with Gasteiger partial charge in [0.2, 0.25) is 0 Å². The van der Waals surface area contributed by atoms with Crippen LogP contribution in [0.4, 0.5) is 36.4 Å². The van der Waals surface area contributed by atoms with E-state index in [1.54, 1.807) is 12.1 Å². The largest absolute Gasteiger partial charge is 0.490 e. The summed E-state index contributed by atoms with van der Waals surface area (Å²) in [7, 11) is 0. The van der Waals surface area contributed by atoms with Crippen LogP contribution in [-0.2, 0) is 9.59 Å². The molecular formula is C28H28F7N3O5.